The van der Waals surface area contributed by atoms with Crippen molar-refractivity contribution < 1.29 is 9.84 Å². The number of pyridine rings is 1. The first-order valence-corrected chi connectivity index (χ1v) is 10.2. The van der Waals surface area contributed by atoms with Gasteiger partial charge in [-0.25, -0.2) is 20.0 Å². The predicted molar refractivity (Wildman–Crippen MR) is 125 cm³/mol. The van der Waals surface area contributed by atoms with Gasteiger partial charge in [-0.05, 0) is 57.2 Å². The van der Waals surface area contributed by atoms with Gasteiger partial charge in [0.15, 0.2) is 0 Å². The molecule has 0 atom stereocenters. The normalized spacial score (nSPS) is 11.2. The summed E-state index contributed by atoms with van der Waals surface area (Å²) >= 11 is 0. The van der Waals surface area contributed by atoms with Crippen LogP contribution in [0.15, 0.2) is 64.5 Å². The molecule has 2 aromatic heterocycles. The number of nitrogens with one attached hydrogen (secondary N) is 1. The van der Waals surface area contributed by atoms with Gasteiger partial charge in [-0.3, -0.25) is 4.79 Å². The fourth-order valence-corrected chi connectivity index (χ4v) is 3.52. The number of rotatable bonds is 6. The van der Waals surface area contributed by atoms with Crippen LogP contribution in [0.3, 0.4) is 0 Å². The summed E-state index contributed by atoms with van der Waals surface area (Å²) in [7, 11) is 0. The number of aromatic nitrogens is 3. The molecule has 8 nitrogen and oxygen atoms in total. The molecule has 2 N–H and O–H groups in total. The molecule has 8 heteroatoms. The second-order valence-corrected chi connectivity index (χ2v) is 7.19. The van der Waals surface area contributed by atoms with Gasteiger partial charge in [0, 0.05) is 22.2 Å². The lowest BCUT2D eigenvalue weighted by Crippen LogP contribution is -2.20. The molecule has 0 aliphatic heterocycles. The van der Waals surface area contributed by atoms with Gasteiger partial charge in [0.1, 0.15) is 5.75 Å². The van der Waals surface area contributed by atoms with Crippen molar-refractivity contribution in [3.8, 4) is 17.3 Å². The van der Waals surface area contributed by atoms with E-state index in [2.05, 4.69) is 20.5 Å². The van der Waals surface area contributed by atoms with Crippen molar-refractivity contribution in [3.63, 3.8) is 0 Å². The van der Waals surface area contributed by atoms with Gasteiger partial charge in [0.05, 0.1) is 24.1 Å². The van der Waals surface area contributed by atoms with Crippen LogP contribution in [-0.2, 0) is 0 Å². The van der Waals surface area contributed by atoms with E-state index < -0.39 is 0 Å². The first kappa shape index (κ1) is 21.0. The van der Waals surface area contributed by atoms with Gasteiger partial charge in [-0.2, -0.15) is 5.10 Å². The van der Waals surface area contributed by atoms with Crippen LogP contribution in [0.25, 0.3) is 16.5 Å². The average Bonchev–Trinajstić information content (AvgIpc) is 2.77. The van der Waals surface area contributed by atoms with Crippen LogP contribution in [-0.4, -0.2) is 32.5 Å². The lowest BCUT2D eigenvalue weighted by Gasteiger charge is -2.14. The van der Waals surface area contributed by atoms with Crippen molar-refractivity contribution >= 4 is 22.9 Å². The van der Waals surface area contributed by atoms with Crippen molar-refractivity contribution in [1.29, 1.82) is 0 Å². The highest BCUT2D eigenvalue weighted by Crippen LogP contribution is 2.26. The van der Waals surface area contributed by atoms with E-state index in [1.54, 1.807) is 48.5 Å². The predicted octanol–water partition coefficient (Wildman–Crippen LogP) is 3.95. The molecule has 4 aromatic rings. The number of anilines is 1. The third-order valence-electron chi connectivity index (χ3n) is 4.85. The summed E-state index contributed by atoms with van der Waals surface area (Å²) in [6, 6.07) is 15.9. The largest absolute Gasteiger partial charge is 0.494 e. The zero-order valence-electron chi connectivity index (χ0n) is 18.0. The van der Waals surface area contributed by atoms with Gasteiger partial charge in [-0.1, -0.05) is 18.2 Å². The standard InChI is InChI=1S/C24H23N5O3/c1-4-32-18-11-9-17(10-12-18)29-22(30)20-8-6-5-7-19(20)21(23(29)31)14-25-28-24-26-15(2)13-16(3)27-24/h5-14,31H,4H2,1-3H3,(H,26,27,28)/b25-14-. The lowest BCUT2D eigenvalue weighted by molar-refractivity contribution is 0.340. The Labute approximate surface area is 184 Å². The van der Waals surface area contributed by atoms with E-state index >= 15 is 0 Å². The number of aromatic hydroxyl groups is 1. The van der Waals surface area contributed by atoms with Gasteiger partial charge < -0.3 is 9.84 Å². The Balaban J connectivity index is 1.80. The molecular weight excluding hydrogens is 406 g/mol. The highest BCUT2D eigenvalue weighted by atomic mass is 16.5. The molecule has 0 spiro atoms. The number of hydrazone groups is 1. The topological polar surface area (TPSA) is 102 Å². The SMILES string of the molecule is CCOc1ccc(-n2c(O)c(/C=N\Nc3nc(C)cc(C)n3)c3ccccc3c2=O)cc1. The monoisotopic (exact) mass is 429 g/mol. The Hall–Kier alpha value is -4.20. The highest BCUT2D eigenvalue weighted by molar-refractivity contribution is 6.01. The molecule has 0 radical (unpaired) electrons. The molecule has 32 heavy (non-hydrogen) atoms. The van der Waals surface area contributed by atoms with E-state index in [4.69, 9.17) is 4.74 Å². The summed E-state index contributed by atoms with van der Waals surface area (Å²) in [5, 5.41) is 16.3. The molecule has 0 unspecified atom stereocenters. The summed E-state index contributed by atoms with van der Waals surface area (Å²) in [6.07, 6.45) is 1.46. The highest BCUT2D eigenvalue weighted by Gasteiger charge is 2.16. The Morgan fingerprint density at radius 2 is 1.72 bits per heavy atom. The van der Waals surface area contributed by atoms with Crippen LogP contribution in [0.1, 0.15) is 23.9 Å². The molecule has 0 fully saturated rings. The van der Waals surface area contributed by atoms with Gasteiger partial charge >= 0.3 is 0 Å². The third kappa shape index (κ3) is 4.15. The van der Waals surface area contributed by atoms with Crippen LogP contribution in [0, 0.1) is 13.8 Å². The number of fused-ring (bicyclic) bond motifs is 1. The van der Waals surface area contributed by atoms with Crippen LogP contribution in [0.5, 0.6) is 11.6 Å². The maximum atomic E-state index is 13.2. The fraction of sp³-hybridized carbons (Fsp3) is 0.167. The minimum atomic E-state index is -0.329. The molecule has 2 aromatic carbocycles. The van der Waals surface area contributed by atoms with Crippen LogP contribution < -0.4 is 15.7 Å². The van der Waals surface area contributed by atoms with Crippen LogP contribution in [0.4, 0.5) is 5.95 Å². The number of aryl methyl sites for hydroxylation is 2. The Kier molecular flexibility index (Phi) is 5.85. The lowest BCUT2D eigenvalue weighted by atomic mass is 10.1. The van der Waals surface area contributed by atoms with Gasteiger partial charge in [0.25, 0.3) is 5.56 Å². The zero-order valence-corrected chi connectivity index (χ0v) is 18.0. The third-order valence-corrected chi connectivity index (χ3v) is 4.85. The molecule has 0 saturated heterocycles. The van der Waals surface area contributed by atoms with E-state index in [1.165, 1.54) is 10.8 Å². The first-order chi connectivity index (χ1) is 15.5. The van der Waals surface area contributed by atoms with E-state index in [0.717, 1.165) is 11.4 Å². The number of hydrogen-bond donors (Lipinski definition) is 2. The number of nitrogens with zero attached hydrogens (tertiary/aromatic N) is 4. The van der Waals surface area contributed by atoms with E-state index in [1.807, 2.05) is 26.8 Å². The quantitative estimate of drug-likeness (QED) is 0.356. The van der Waals surface area contributed by atoms with E-state index in [-0.39, 0.29) is 11.4 Å². The molecule has 0 aliphatic rings. The molecule has 0 saturated carbocycles. The Morgan fingerprint density at radius 1 is 1.06 bits per heavy atom. The van der Waals surface area contributed by atoms with Crippen LogP contribution in [0.2, 0.25) is 0 Å². The van der Waals surface area contributed by atoms with E-state index in [9.17, 15) is 9.90 Å². The summed E-state index contributed by atoms with van der Waals surface area (Å²) in [6.45, 7) is 6.18. The van der Waals surface area contributed by atoms with Gasteiger partial charge in [0.2, 0.25) is 11.8 Å². The minimum Gasteiger partial charge on any atom is -0.494 e. The van der Waals surface area contributed by atoms with E-state index in [0.29, 0.717) is 40.3 Å². The maximum absolute atomic E-state index is 13.2. The number of benzene rings is 2. The van der Waals surface area contributed by atoms with Crippen molar-refractivity contribution in [3.05, 3.63) is 81.9 Å². The summed E-state index contributed by atoms with van der Waals surface area (Å²) in [5.74, 6) is 0.816. The maximum Gasteiger partial charge on any atom is 0.265 e. The minimum absolute atomic E-state index is 0.218. The molecule has 0 aliphatic carbocycles. The average molecular weight is 429 g/mol. The van der Waals surface area contributed by atoms with Crippen molar-refractivity contribution in [1.82, 2.24) is 14.5 Å². The first-order valence-electron chi connectivity index (χ1n) is 10.2. The fourth-order valence-electron chi connectivity index (χ4n) is 3.52. The number of hydrogen-bond acceptors (Lipinski definition) is 7. The molecule has 162 valence electrons. The van der Waals surface area contributed by atoms with Crippen molar-refractivity contribution in [2.45, 2.75) is 20.8 Å². The Morgan fingerprint density at radius 3 is 2.38 bits per heavy atom. The molecule has 2 heterocycles. The molecule has 4 rings (SSSR count). The molecular formula is C24H23N5O3. The summed E-state index contributed by atoms with van der Waals surface area (Å²) in [4.78, 5) is 21.7. The van der Waals surface area contributed by atoms with Crippen molar-refractivity contribution in [2.75, 3.05) is 12.0 Å². The number of ether oxygens (including phenoxy) is 1. The van der Waals surface area contributed by atoms with Crippen molar-refractivity contribution in [2.24, 2.45) is 5.10 Å². The summed E-state index contributed by atoms with van der Waals surface area (Å²) < 4.78 is 6.73. The van der Waals surface area contributed by atoms with Crippen LogP contribution >= 0.6 is 0 Å². The molecule has 0 amide bonds. The molecule has 0 bridgehead atoms. The summed E-state index contributed by atoms with van der Waals surface area (Å²) in [5.41, 5.74) is 5.00. The second kappa shape index (κ2) is 8.89. The zero-order chi connectivity index (χ0) is 22.7. The Bertz CT molecular complexity index is 1340. The second-order valence-electron chi connectivity index (χ2n) is 7.19. The smallest absolute Gasteiger partial charge is 0.265 e. The van der Waals surface area contributed by atoms with Gasteiger partial charge in [-0.15, -0.1) is 0 Å².